The average Bonchev–Trinajstić information content (AvgIpc) is 3.43. The summed E-state index contributed by atoms with van der Waals surface area (Å²) in [5.74, 6) is -1.10. The Bertz CT molecular complexity index is 1530. The highest BCUT2D eigenvalue weighted by atomic mass is 16.6. The van der Waals surface area contributed by atoms with Crippen molar-refractivity contribution in [2.45, 2.75) is 57.3 Å². The zero-order chi connectivity index (χ0) is 25.2. The van der Waals surface area contributed by atoms with Gasteiger partial charge in [-0.05, 0) is 56.2 Å². The van der Waals surface area contributed by atoms with Crippen molar-refractivity contribution in [2.75, 3.05) is 0 Å². The number of para-hydroxylation sites is 1. The van der Waals surface area contributed by atoms with Crippen LogP contribution in [0, 0.1) is 0 Å². The lowest BCUT2D eigenvalue weighted by Crippen LogP contribution is -2.66. The Labute approximate surface area is 207 Å². The van der Waals surface area contributed by atoms with E-state index in [1.807, 2.05) is 48.5 Å². The quantitative estimate of drug-likeness (QED) is 0.427. The summed E-state index contributed by atoms with van der Waals surface area (Å²) in [6.07, 6.45) is 1.79. The predicted octanol–water partition coefficient (Wildman–Crippen LogP) is 3.99. The lowest BCUT2D eigenvalue weighted by molar-refractivity contribution is -0.161. The number of nitrogens with one attached hydrogen (secondary N) is 2. The van der Waals surface area contributed by atoms with Crippen LogP contribution in [0.3, 0.4) is 0 Å². The molecule has 36 heavy (non-hydrogen) atoms. The monoisotopic (exact) mass is 485 g/mol. The molecule has 0 radical (unpaired) electrons. The van der Waals surface area contributed by atoms with Gasteiger partial charge in [0.25, 0.3) is 0 Å². The van der Waals surface area contributed by atoms with Crippen LogP contribution in [0.15, 0.2) is 59.2 Å². The van der Waals surface area contributed by atoms with Crippen molar-refractivity contribution in [3.8, 4) is 0 Å². The summed E-state index contributed by atoms with van der Waals surface area (Å²) in [5.41, 5.74) is 3.78. The highest BCUT2D eigenvalue weighted by Gasteiger charge is 2.49. The van der Waals surface area contributed by atoms with Gasteiger partial charge in [0.1, 0.15) is 23.3 Å². The number of aromatic nitrogens is 1. The van der Waals surface area contributed by atoms with Gasteiger partial charge in [-0.25, -0.2) is 0 Å². The van der Waals surface area contributed by atoms with E-state index in [0.29, 0.717) is 6.42 Å². The Morgan fingerprint density at radius 1 is 1.14 bits per heavy atom. The minimum Gasteiger partial charge on any atom is -0.464 e. The van der Waals surface area contributed by atoms with Crippen LogP contribution in [0.2, 0.25) is 0 Å². The third-order valence-corrected chi connectivity index (χ3v) is 6.89. The molecule has 2 aromatic carbocycles. The molecular weight excluding hydrogens is 458 g/mol. The molecule has 8 heteroatoms. The largest absolute Gasteiger partial charge is 0.464 e. The number of carbonyl (C=O) groups excluding carboxylic acids is 3. The first-order valence-corrected chi connectivity index (χ1v) is 12.1. The SMILES string of the molecule is CC(C)(C)OC(=O)C[C@@H]1NC(=O)[C@H]2Cc3c([nH]c4ccccc34)[C@@H](c3ccc4occc4c3)N2C1=O. The van der Waals surface area contributed by atoms with Crippen LogP contribution in [0.5, 0.6) is 0 Å². The van der Waals surface area contributed by atoms with E-state index < -0.39 is 29.7 Å². The van der Waals surface area contributed by atoms with E-state index in [-0.39, 0.29) is 18.2 Å². The number of amides is 2. The van der Waals surface area contributed by atoms with Crippen molar-refractivity contribution in [3.05, 3.63) is 71.6 Å². The molecule has 1 saturated heterocycles. The molecule has 0 saturated carbocycles. The van der Waals surface area contributed by atoms with Crippen molar-refractivity contribution < 1.29 is 23.5 Å². The summed E-state index contributed by atoms with van der Waals surface area (Å²) in [5, 5.41) is 4.74. The molecule has 4 aromatic rings. The molecule has 0 bridgehead atoms. The van der Waals surface area contributed by atoms with Gasteiger partial charge in [-0.15, -0.1) is 0 Å². The Kier molecular flexibility index (Phi) is 4.96. The van der Waals surface area contributed by atoms with Gasteiger partial charge in [-0.1, -0.05) is 24.3 Å². The van der Waals surface area contributed by atoms with Crippen molar-refractivity contribution in [2.24, 2.45) is 0 Å². The number of aromatic amines is 1. The fourth-order valence-electron chi connectivity index (χ4n) is 5.47. The van der Waals surface area contributed by atoms with Gasteiger partial charge in [0.2, 0.25) is 11.8 Å². The maximum atomic E-state index is 13.9. The second kappa shape index (κ2) is 7.98. The normalized spacial score (nSPS) is 21.9. The number of benzene rings is 2. The third kappa shape index (κ3) is 3.64. The Morgan fingerprint density at radius 2 is 1.94 bits per heavy atom. The van der Waals surface area contributed by atoms with E-state index in [4.69, 9.17) is 9.15 Å². The molecule has 6 rings (SSSR count). The molecule has 0 unspecified atom stereocenters. The molecular formula is C28H27N3O5. The Hall–Kier alpha value is -4.07. The first kappa shape index (κ1) is 22.4. The second-order valence-corrected chi connectivity index (χ2v) is 10.5. The van der Waals surface area contributed by atoms with Crippen LogP contribution in [-0.2, 0) is 25.5 Å². The van der Waals surface area contributed by atoms with Crippen molar-refractivity contribution in [1.82, 2.24) is 15.2 Å². The molecule has 2 amide bonds. The molecule has 8 nitrogen and oxygen atoms in total. The van der Waals surface area contributed by atoms with Gasteiger partial charge in [0.15, 0.2) is 0 Å². The van der Waals surface area contributed by atoms with Gasteiger partial charge in [-0.3, -0.25) is 14.4 Å². The van der Waals surface area contributed by atoms with Crippen LogP contribution in [0.25, 0.3) is 21.9 Å². The van der Waals surface area contributed by atoms with Crippen molar-refractivity contribution in [1.29, 1.82) is 0 Å². The van der Waals surface area contributed by atoms with Crippen LogP contribution in [-0.4, -0.2) is 45.4 Å². The topological polar surface area (TPSA) is 105 Å². The first-order valence-electron chi connectivity index (χ1n) is 12.1. The van der Waals surface area contributed by atoms with Crippen LogP contribution in [0.1, 0.15) is 50.1 Å². The van der Waals surface area contributed by atoms with Crippen molar-refractivity contribution >= 4 is 39.7 Å². The van der Waals surface area contributed by atoms with Gasteiger partial charge < -0.3 is 24.4 Å². The lowest BCUT2D eigenvalue weighted by atomic mass is 9.85. The smallest absolute Gasteiger partial charge is 0.308 e. The minimum absolute atomic E-state index is 0.224. The molecule has 4 heterocycles. The number of rotatable bonds is 3. The summed E-state index contributed by atoms with van der Waals surface area (Å²) in [7, 11) is 0. The summed E-state index contributed by atoms with van der Waals surface area (Å²) in [4.78, 5) is 45.0. The predicted molar refractivity (Wildman–Crippen MR) is 133 cm³/mol. The van der Waals surface area contributed by atoms with E-state index in [0.717, 1.165) is 38.7 Å². The number of furan rings is 1. The fraction of sp³-hybridized carbons (Fsp3) is 0.321. The zero-order valence-corrected chi connectivity index (χ0v) is 20.3. The molecule has 2 aromatic heterocycles. The average molecular weight is 486 g/mol. The van der Waals surface area contributed by atoms with E-state index in [1.54, 1.807) is 31.9 Å². The zero-order valence-electron chi connectivity index (χ0n) is 20.3. The highest BCUT2D eigenvalue weighted by Crippen LogP contribution is 2.43. The van der Waals surface area contributed by atoms with E-state index in [1.165, 1.54) is 0 Å². The van der Waals surface area contributed by atoms with E-state index >= 15 is 0 Å². The Balaban J connectivity index is 1.46. The second-order valence-electron chi connectivity index (χ2n) is 10.5. The highest BCUT2D eigenvalue weighted by molar-refractivity contribution is 6.01. The number of esters is 1. The van der Waals surface area contributed by atoms with E-state index in [2.05, 4.69) is 10.3 Å². The number of fused-ring (bicyclic) bond motifs is 5. The van der Waals surface area contributed by atoms with Gasteiger partial charge >= 0.3 is 5.97 Å². The summed E-state index contributed by atoms with van der Waals surface area (Å²) >= 11 is 0. The van der Waals surface area contributed by atoms with Crippen LogP contribution >= 0.6 is 0 Å². The maximum absolute atomic E-state index is 13.9. The summed E-state index contributed by atoms with van der Waals surface area (Å²) in [6, 6.07) is 13.4. The molecule has 0 aliphatic carbocycles. The maximum Gasteiger partial charge on any atom is 0.308 e. The number of hydrogen-bond donors (Lipinski definition) is 2. The third-order valence-electron chi connectivity index (χ3n) is 6.89. The lowest BCUT2D eigenvalue weighted by Gasteiger charge is -2.46. The number of nitrogens with zero attached hydrogens (tertiary/aromatic N) is 1. The molecule has 2 aliphatic heterocycles. The molecule has 2 N–H and O–H groups in total. The summed E-state index contributed by atoms with van der Waals surface area (Å²) < 4.78 is 10.9. The molecule has 3 atom stereocenters. The van der Waals surface area contributed by atoms with Gasteiger partial charge in [0, 0.05) is 28.4 Å². The number of piperazine rings is 1. The van der Waals surface area contributed by atoms with Crippen molar-refractivity contribution in [3.63, 3.8) is 0 Å². The molecule has 184 valence electrons. The van der Waals surface area contributed by atoms with Crippen LogP contribution in [0.4, 0.5) is 0 Å². The molecule has 2 aliphatic rings. The number of ether oxygens (including phenoxy) is 1. The first-order chi connectivity index (χ1) is 17.2. The molecule has 1 fully saturated rings. The van der Waals surface area contributed by atoms with E-state index in [9.17, 15) is 14.4 Å². The Morgan fingerprint density at radius 3 is 2.75 bits per heavy atom. The number of H-pyrrole nitrogens is 1. The fourth-order valence-corrected chi connectivity index (χ4v) is 5.47. The van der Waals surface area contributed by atoms with Gasteiger partial charge in [0.05, 0.1) is 18.7 Å². The number of hydrogen-bond acceptors (Lipinski definition) is 5. The molecule has 0 spiro atoms. The van der Waals surface area contributed by atoms with Crippen LogP contribution < -0.4 is 5.32 Å². The van der Waals surface area contributed by atoms with Gasteiger partial charge in [-0.2, -0.15) is 0 Å². The number of carbonyl (C=O) groups is 3. The standard InChI is InChI=1S/C28H27N3O5/c1-28(2,3)36-23(32)14-20-27(34)31-21(26(33)30-20)13-18-17-6-4-5-7-19(17)29-24(18)25(31)16-8-9-22-15(12-16)10-11-35-22/h4-12,20-21,25,29H,13-14H2,1-3H3,(H,30,33)/t20-,21+,25+/m0/s1. The minimum atomic E-state index is -0.991. The summed E-state index contributed by atoms with van der Waals surface area (Å²) in [6.45, 7) is 5.31.